The monoisotopic (exact) mass is 258 g/mol. The summed E-state index contributed by atoms with van der Waals surface area (Å²) in [6, 6.07) is -0.182. The quantitative estimate of drug-likeness (QED) is 0.654. The van der Waals surface area contributed by atoms with Gasteiger partial charge in [0.1, 0.15) is 0 Å². The Morgan fingerprint density at radius 3 is 2.28 bits per heavy atom. The van der Waals surface area contributed by atoms with Crippen LogP contribution in [-0.2, 0) is 9.53 Å². The van der Waals surface area contributed by atoms with E-state index in [-0.39, 0.29) is 17.5 Å². The van der Waals surface area contributed by atoms with Gasteiger partial charge in [-0.2, -0.15) is 0 Å². The summed E-state index contributed by atoms with van der Waals surface area (Å²) in [5.74, 6) is 0.708. The van der Waals surface area contributed by atoms with E-state index in [0.717, 1.165) is 13.0 Å². The first-order chi connectivity index (χ1) is 8.22. The van der Waals surface area contributed by atoms with Gasteiger partial charge in [0.05, 0.1) is 12.6 Å². The molecule has 0 spiro atoms. The Hall–Kier alpha value is -0.610. The fraction of sp³-hybridized carbons (Fsp3) is 0.929. The minimum Gasteiger partial charge on any atom is -0.380 e. The van der Waals surface area contributed by atoms with E-state index >= 15 is 0 Å². The van der Waals surface area contributed by atoms with Crippen molar-refractivity contribution in [3.8, 4) is 0 Å². The molecule has 108 valence electrons. The molecule has 0 aromatic carbocycles. The van der Waals surface area contributed by atoms with Crippen LogP contribution in [0.3, 0.4) is 0 Å². The first kappa shape index (κ1) is 17.4. The fourth-order valence-corrected chi connectivity index (χ4v) is 1.34. The smallest absolute Gasteiger partial charge is 0.237 e. The Bertz CT molecular complexity index is 234. The topological polar surface area (TPSA) is 50.4 Å². The van der Waals surface area contributed by atoms with Gasteiger partial charge in [-0.3, -0.25) is 4.79 Å². The number of carbonyl (C=O) groups is 1. The summed E-state index contributed by atoms with van der Waals surface area (Å²) in [4.78, 5) is 11.8. The Labute approximate surface area is 112 Å². The number of hydrogen-bond donors (Lipinski definition) is 2. The van der Waals surface area contributed by atoms with Crippen molar-refractivity contribution in [2.75, 3.05) is 19.8 Å². The van der Waals surface area contributed by atoms with Crippen LogP contribution in [0.5, 0.6) is 0 Å². The zero-order valence-electron chi connectivity index (χ0n) is 12.8. The van der Waals surface area contributed by atoms with Gasteiger partial charge in [-0.05, 0) is 40.0 Å². The molecule has 0 rings (SSSR count). The van der Waals surface area contributed by atoms with Crippen LogP contribution in [0, 0.1) is 5.92 Å². The molecule has 0 aromatic rings. The van der Waals surface area contributed by atoms with Crippen molar-refractivity contribution in [1.82, 2.24) is 10.6 Å². The van der Waals surface area contributed by atoms with Crippen LogP contribution in [-0.4, -0.2) is 37.2 Å². The van der Waals surface area contributed by atoms with Crippen molar-refractivity contribution in [2.45, 2.75) is 59.5 Å². The van der Waals surface area contributed by atoms with Gasteiger partial charge in [-0.1, -0.05) is 13.8 Å². The van der Waals surface area contributed by atoms with Crippen LogP contribution in [0.1, 0.15) is 48.0 Å². The van der Waals surface area contributed by atoms with E-state index < -0.39 is 0 Å². The molecule has 1 unspecified atom stereocenters. The van der Waals surface area contributed by atoms with Gasteiger partial charge in [0.2, 0.25) is 5.91 Å². The Morgan fingerprint density at radius 1 is 1.17 bits per heavy atom. The minimum absolute atomic E-state index is 0.0321. The van der Waals surface area contributed by atoms with Crippen molar-refractivity contribution in [3.05, 3.63) is 0 Å². The van der Waals surface area contributed by atoms with Gasteiger partial charge in [0.15, 0.2) is 0 Å². The maximum atomic E-state index is 11.8. The van der Waals surface area contributed by atoms with Crippen molar-refractivity contribution in [2.24, 2.45) is 5.92 Å². The van der Waals surface area contributed by atoms with E-state index in [0.29, 0.717) is 19.1 Å². The van der Waals surface area contributed by atoms with Crippen molar-refractivity contribution in [3.63, 3.8) is 0 Å². The highest BCUT2D eigenvalue weighted by Gasteiger charge is 2.18. The lowest BCUT2D eigenvalue weighted by Gasteiger charge is -2.23. The molecule has 0 heterocycles. The largest absolute Gasteiger partial charge is 0.380 e. The van der Waals surface area contributed by atoms with Crippen molar-refractivity contribution < 1.29 is 9.53 Å². The van der Waals surface area contributed by atoms with E-state index in [1.165, 1.54) is 0 Å². The van der Waals surface area contributed by atoms with Crippen LogP contribution in [0.2, 0.25) is 0 Å². The molecule has 0 aliphatic carbocycles. The molecule has 18 heavy (non-hydrogen) atoms. The molecule has 0 aliphatic heterocycles. The number of amides is 1. The summed E-state index contributed by atoms with van der Waals surface area (Å²) >= 11 is 0. The second-order valence-corrected chi connectivity index (χ2v) is 6.21. The first-order valence-corrected chi connectivity index (χ1v) is 6.85. The zero-order valence-corrected chi connectivity index (χ0v) is 12.8. The molecule has 0 aliphatic rings. The van der Waals surface area contributed by atoms with Crippen LogP contribution in [0.4, 0.5) is 0 Å². The maximum Gasteiger partial charge on any atom is 0.237 e. The van der Waals surface area contributed by atoms with Gasteiger partial charge in [-0.15, -0.1) is 0 Å². The van der Waals surface area contributed by atoms with Crippen LogP contribution < -0.4 is 10.6 Å². The second-order valence-electron chi connectivity index (χ2n) is 6.21. The van der Waals surface area contributed by atoms with Crippen LogP contribution >= 0.6 is 0 Å². The predicted molar refractivity (Wildman–Crippen MR) is 75.6 cm³/mol. The lowest BCUT2D eigenvalue weighted by Crippen LogP contribution is -2.50. The zero-order chi connectivity index (χ0) is 14.2. The molecule has 2 N–H and O–H groups in total. The molecule has 1 amide bonds. The molecule has 0 fully saturated rings. The van der Waals surface area contributed by atoms with Gasteiger partial charge >= 0.3 is 0 Å². The fourth-order valence-electron chi connectivity index (χ4n) is 1.34. The van der Waals surface area contributed by atoms with E-state index in [1.807, 2.05) is 27.7 Å². The van der Waals surface area contributed by atoms with E-state index in [1.54, 1.807) is 0 Å². The lowest BCUT2D eigenvalue weighted by atomic mass is 10.1. The number of ether oxygens (including phenoxy) is 1. The number of hydrogen-bond acceptors (Lipinski definition) is 3. The number of carbonyl (C=O) groups excluding carboxylic acids is 1. The highest BCUT2D eigenvalue weighted by molar-refractivity contribution is 5.81. The molecule has 0 bridgehead atoms. The Morgan fingerprint density at radius 2 is 1.78 bits per heavy atom. The average Bonchev–Trinajstić information content (AvgIpc) is 2.19. The number of rotatable bonds is 8. The van der Waals surface area contributed by atoms with Crippen LogP contribution in [0.25, 0.3) is 0 Å². The molecule has 4 nitrogen and oxygen atoms in total. The lowest BCUT2D eigenvalue weighted by molar-refractivity contribution is -0.124. The molecule has 4 heteroatoms. The Balaban J connectivity index is 3.58. The van der Waals surface area contributed by atoms with Gasteiger partial charge < -0.3 is 15.4 Å². The third-order valence-electron chi connectivity index (χ3n) is 2.43. The molecule has 0 saturated carbocycles. The summed E-state index contributed by atoms with van der Waals surface area (Å²) < 4.78 is 5.48. The summed E-state index contributed by atoms with van der Waals surface area (Å²) in [6.45, 7) is 14.3. The SMILES string of the molecule is CC(C)CCOCCNC(C)C(=O)NC(C)(C)C. The highest BCUT2D eigenvalue weighted by atomic mass is 16.5. The van der Waals surface area contributed by atoms with E-state index in [9.17, 15) is 4.79 Å². The third kappa shape index (κ3) is 10.5. The molecule has 1 atom stereocenters. The van der Waals surface area contributed by atoms with E-state index in [2.05, 4.69) is 24.5 Å². The highest BCUT2D eigenvalue weighted by Crippen LogP contribution is 2.00. The molecular weight excluding hydrogens is 228 g/mol. The normalized spacial score (nSPS) is 13.7. The standard InChI is InChI=1S/C14H30N2O2/c1-11(2)7-9-18-10-8-15-12(3)13(17)16-14(4,5)6/h11-12,15H,7-10H2,1-6H3,(H,16,17). The molecule has 0 aromatic heterocycles. The molecular formula is C14H30N2O2. The summed E-state index contributed by atoms with van der Waals surface area (Å²) in [5.41, 5.74) is -0.180. The average molecular weight is 258 g/mol. The third-order valence-corrected chi connectivity index (χ3v) is 2.43. The molecule has 0 saturated heterocycles. The molecule has 0 radical (unpaired) electrons. The Kier molecular flexibility index (Phi) is 8.20. The predicted octanol–water partition coefficient (Wildman–Crippen LogP) is 1.94. The van der Waals surface area contributed by atoms with Gasteiger partial charge in [-0.25, -0.2) is 0 Å². The second kappa shape index (κ2) is 8.48. The van der Waals surface area contributed by atoms with Crippen molar-refractivity contribution >= 4 is 5.91 Å². The number of nitrogens with one attached hydrogen (secondary N) is 2. The summed E-state index contributed by atoms with van der Waals surface area (Å²) in [6.07, 6.45) is 1.08. The van der Waals surface area contributed by atoms with Gasteiger partial charge in [0.25, 0.3) is 0 Å². The van der Waals surface area contributed by atoms with E-state index in [4.69, 9.17) is 4.74 Å². The minimum atomic E-state index is -0.182. The summed E-state index contributed by atoms with van der Waals surface area (Å²) in [5, 5.41) is 6.10. The maximum absolute atomic E-state index is 11.8. The summed E-state index contributed by atoms with van der Waals surface area (Å²) in [7, 11) is 0. The first-order valence-electron chi connectivity index (χ1n) is 6.85. The van der Waals surface area contributed by atoms with Crippen molar-refractivity contribution in [1.29, 1.82) is 0 Å². The van der Waals surface area contributed by atoms with Crippen LogP contribution in [0.15, 0.2) is 0 Å². The van der Waals surface area contributed by atoms with Gasteiger partial charge in [0, 0.05) is 18.7 Å².